The minimum absolute atomic E-state index is 0.196. The molecule has 0 radical (unpaired) electrons. The number of nitrogens with zero attached hydrogens (tertiary/aromatic N) is 2. The molecular weight excluding hydrogens is 269 g/mol. The van der Waals surface area contributed by atoms with Gasteiger partial charge in [0.15, 0.2) is 0 Å². The van der Waals surface area contributed by atoms with Crippen LogP contribution in [0.1, 0.15) is 0 Å². The van der Waals surface area contributed by atoms with Crippen LogP contribution in [0, 0.1) is 3.70 Å². The first-order valence-corrected chi connectivity index (χ1v) is 4.36. The van der Waals surface area contributed by atoms with Crippen molar-refractivity contribution in [3.05, 3.63) is 32.4 Å². The van der Waals surface area contributed by atoms with Crippen LogP contribution in [0.2, 0.25) is 0 Å². The lowest BCUT2D eigenvalue weighted by atomic mass is 10.3. The van der Waals surface area contributed by atoms with Crippen molar-refractivity contribution in [3.8, 4) is 0 Å². The summed E-state index contributed by atoms with van der Waals surface area (Å²) in [5.74, 6) is 0. The van der Waals surface area contributed by atoms with Gasteiger partial charge in [-0.05, 0) is 34.7 Å². The molecule has 2 aromatic heterocycles. The summed E-state index contributed by atoms with van der Waals surface area (Å²) in [6.07, 6.45) is 1.64. The van der Waals surface area contributed by atoms with Gasteiger partial charge in [-0.2, -0.15) is 5.10 Å². The summed E-state index contributed by atoms with van der Waals surface area (Å²) in [6, 6.07) is 3.46. The van der Waals surface area contributed by atoms with Crippen molar-refractivity contribution in [1.82, 2.24) is 15.2 Å². The lowest BCUT2D eigenvalue weighted by Gasteiger charge is -1.95. The standard InChI is InChI=1S/C7H4IN3O/c8-6-5-4(2-1-3-9-5)7(12)11-10-6/h1-3H,(H,11,12). The van der Waals surface area contributed by atoms with Crippen LogP contribution in [-0.2, 0) is 0 Å². The molecule has 5 heteroatoms. The monoisotopic (exact) mass is 273 g/mol. The van der Waals surface area contributed by atoms with Crippen LogP contribution < -0.4 is 5.56 Å². The van der Waals surface area contributed by atoms with Crippen molar-refractivity contribution >= 4 is 33.5 Å². The van der Waals surface area contributed by atoms with Gasteiger partial charge in [0.25, 0.3) is 5.56 Å². The van der Waals surface area contributed by atoms with Crippen LogP contribution in [0.5, 0.6) is 0 Å². The zero-order valence-electron chi connectivity index (χ0n) is 5.91. The largest absolute Gasteiger partial charge is 0.273 e. The first kappa shape index (κ1) is 7.66. The first-order chi connectivity index (χ1) is 5.79. The Balaban J connectivity index is 3.05. The predicted octanol–water partition coefficient (Wildman–Crippen LogP) is 0.923. The molecule has 0 fully saturated rings. The Morgan fingerprint density at radius 2 is 2.33 bits per heavy atom. The quantitative estimate of drug-likeness (QED) is 0.726. The van der Waals surface area contributed by atoms with Gasteiger partial charge in [-0.3, -0.25) is 9.78 Å². The van der Waals surface area contributed by atoms with Crippen molar-refractivity contribution in [2.45, 2.75) is 0 Å². The summed E-state index contributed by atoms with van der Waals surface area (Å²) in [5, 5.41) is 6.76. The van der Waals surface area contributed by atoms with Gasteiger partial charge < -0.3 is 0 Å². The van der Waals surface area contributed by atoms with E-state index in [0.717, 1.165) is 0 Å². The zero-order chi connectivity index (χ0) is 8.55. The highest BCUT2D eigenvalue weighted by Gasteiger charge is 2.02. The number of H-pyrrole nitrogens is 1. The van der Waals surface area contributed by atoms with E-state index in [4.69, 9.17) is 0 Å². The zero-order valence-corrected chi connectivity index (χ0v) is 8.07. The van der Waals surface area contributed by atoms with E-state index in [1.54, 1.807) is 18.3 Å². The van der Waals surface area contributed by atoms with E-state index in [2.05, 4.69) is 15.2 Å². The predicted molar refractivity (Wildman–Crippen MR) is 52.9 cm³/mol. The van der Waals surface area contributed by atoms with Gasteiger partial charge in [0.1, 0.15) is 9.22 Å². The van der Waals surface area contributed by atoms with Crippen LogP contribution in [0.3, 0.4) is 0 Å². The maximum Gasteiger partial charge on any atom is 0.273 e. The molecule has 2 rings (SSSR count). The molecule has 0 atom stereocenters. The average molecular weight is 273 g/mol. The summed E-state index contributed by atoms with van der Waals surface area (Å²) in [4.78, 5) is 15.2. The highest BCUT2D eigenvalue weighted by molar-refractivity contribution is 14.1. The molecule has 0 bridgehead atoms. The first-order valence-electron chi connectivity index (χ1n) is 3.28. The Morgan fingerprint density at radius 1 is 1.50 bits per heavy atom. The molecule has 2 aromatic rings. The van der Waals surface area contributed by atoms with E-state index in [9.17, 15) is 4.79 Å². The van der Waals surface area contributed by atoms with Gasteiger partial charge >= 0.3 is 0 Å². The second-order valence-electron chi connectivity index (χ2n) is 2.24. The van der Waals surface area contributed by atoms with E-state index >= 15 is 0 Å². The Morgan fingerprint density at radius 3 is 3.08 bits per heavy atom. The molecule has 60 valence electrons. The molecule has 0 aliphatic heterocycles. The number of hydrogen-bond acceptors (Lipinski definition) is 3. The maximum atomic E-state index is 11.2. The van der Waals surface area contributed by atoms with Gasteiger partial charge in [0.2, 0.25) is 0 Å². The van der Waals surface area contributed by atoms with Gasteiger partial charge in [-0.1, -0.05) is 0 Å². The van der Waals surface area contributed by atoms with E-state index in [1.165, 1.54) is 0 Å². The van der Waals surface area contributed by atoms with E-state index in [0.29, 0.717) is 14.6 Å². The highest BCUT2D eigenvalue weighted by atomic mass is 127. The molecule has 0 amide bonds. The summed E-state index contributed by atoms with van der Waals surface area (Å²) in [7, 11) is 0. The number of aromatic amines is 1. The summed E-state index contributed by atoms with van der Waals surface area (Å²) in [6.45, 7) is 0. The molecule has 0 unspecified atom stereocenters. The normalized spacial score (nSPS) is 10.4. The van der Waals surface area contributed by atoms with Gasteiger partial charge in [-0.25, -0.2) is 5.10 Å². The van der Waals surface area contributed by atoms with Gasteiger partial charge in [-0.15, -0.1) is 0 Å². The van der Waals surface area contributed by atoms with Crippen molar-refractivity contribution in [2.24, 2.45) is 0 Å². The van der Waals surface area contributed by atoms with Crippen LogP contribution in [0.4, 0.5) is 0 Å². The fourth-order valence-electron chi connectivity index (χ4n) is 0.966. The van der Waals surface area contributed by atoms with E-state index < -0.39 is 0 Å². The molecule has 1 N–H and O–H groups in total. The number of fused-ring (bicyclic) bond motifs is 1. The molecule has 0 aliphatic rings. The molecule has 4 nitrogen and oxygen atoms in total. The third-order valence-corrected chi connectivity index (χ3v) is 2.26. The van der Waals surface area contributed by atoms with E-state index in [1.807, 2.05) is 22.6 Å². The Hall–Kier alpha value is -0.980. The molecule has 0 spiro atoms. The molecule has 0 saturated carbocycles. The third-order valence-electron chi connectivity index (χ3n) is 1.50. The number of pyridine rings is 1. The van der Waals surface area contributed by atoms with Crippen LogP contribution in [0.25, 0.3) is 10.9 Å². The molecule has 0 aromatic carbocycles. The summed E-state index contributed by atoms with van der Waals surface area (Å²) in [5.41, 5.74) is 0.459. The smallest absolute Gasteiger partial charge is 0.267 e. The number of aromatic nitrogens is 3. The van der Waals surface area contributed by atoms with Crippen molar-refractivity contribution in [1.29, 1.82) is 0 Å². The third kappa shape index (κ3) is 1.09. The lowest BCUT2D eigenvalue weighted by Crippen LogP contribution is -2.10. The molecule has 2 heterocycles. The topological polar surface area (TPSA) is 58.6 Å². The summed E-state index contributed by atoms with van der Waals surface area (Å²) < 4.78 is 0.711. The molecular formula is C7H4IN3O. The van der Waals surface area contributed by atoms with Gasteiger partial charge in [0.05, 0.1) is 5.39 Å². The summed E-state index contributed by atoms with van der Waals surface area (Å²) >= 11 is 2.03. The minimum Gasteiger partial charge on any atom is -0.267 e. The fraction of sp³-hybridized carbons (Fsp3) is 0. The average Bonchev–Trinajstić information content (AvgIpc) is 2.12. The SMILES string of the molecule is O=c1[nH]nc(I)c2ncccc12. The van der Waals surface area contributed by atoms with Crippen molar-refractivity contribution < 1.29 is 0 Å². The van der Waals surface area contributed by atoms with Crippen molar-refractivity contribution in [3.63, 3.8) is 0 Å². The highest BCUT2D eigenvalue weighted by Crippen LogP contribution is 2.09. The number of hydrogen-bond donors (Lipinski definition) is 1. The van der Waals surface area contributed by atoms with Crippen LogP contribution in [0.15, 0.2) is 23.1 Å². The fourth-order valence-corrected chi connectivity index (χ4v) is 1.52. The second kappa shape index (κ2) is 2.81. The Kier molecular flexibility index (Phi) is 1.80. The van der Waals surface area contributed by atoms with Crippen LogP contribution in [-0.4, -0.2) is 15.2 Å². The Labute approximate surface area is 81.2 Å². The number of nitrogens with one attached hydrogen (secondary N) is 1. The lowest BCUT2D eigenvalue weighted by molar-refractivity contribution is 0.981. The Bertz CT molecular complexity index is 479. The second-order valence-corrected chi connectivity index (χ2v) is 3.26. The number of rotatable bonds is 0. The maximum absolute atomic E-state index is 11.2. The van der Waals surface area contributed by atoms with Gasteiger partial charge in [0, 0.05) is 6.20 Å². The molecule has 0 aliphatic carbocycles. The van der Waals surface area contributed by atoms with Crippen LogP contribution >= 0.6 is 22.6 Å². The minimum atomic E-state index is -0.196. The van der Waals surface area contributed by atoms with Crippen molar-refractivity contribution in [2.75, 3.05) is 0 Å². The molecule has 0 saturated heterocycles. The number of halogens is 1. The van der Waals surface area contributed by atoms with E-state index in [-0.39, 0.29) is 5.56 Å². The molecule has 12 heavy (non-hydrogen) atoms.